The van der Waals surface area contributed by atoms with Gasteiger partial charge in [-0.2, -0.15) is 5.10 Å². The van der Waals surface area contributed by atoms with Crippen molar-refractivity contribution in [2.45, 2.75) is 90.5 Å². The second kappa shape index (κ2) is 10.9. The summed E-state index contributed by atoms with van der Waals surface area (Å²) >= 11 is 6.31. The van der Waals surface area contributed by atoms with Crippen molar-refractivity contribution in [3.63, 3.8) is 0 Å². The van der Waals surface area contributed by atoms with Crippen LogP contribution in [0.4, 0.5) is 5.69 Å². The van der Waals surface area contributed by atoms with Crippen molar-refractivity contribution in [1.29, 1.82) is 0 Å². The van der Waals surface area contributed by atoms with E-state index in [0.717, 1.165) is 47.0 Å². The minimum atomic E-state index is 0.137. The largest absolute Gasteiger partial charge is 0.307 e. The molecule has 2 aliphatic rings. The van der Waals surface area contributed by atoms with Crippen LogP contribution in [0.15, 0.2) is 24.4 Å². The van der Waals surface area contributed by atoms with Crippen molar-refractivity contribution in [1.82, 2.24) is 9.78 Å². The Morgan fingerprint density at radius 2 is 1.81 bits per heavy atom. The number of benzene rings is 1. The first-order valence-electron chi connectivity index (χ1n) is 12.7. The average molecular weight is 456 g/mol. The van der Waals surface area contributed by atoms with E-state index in [-0.39, 0.29) is 11.8 Å². The lowest BCUT2D eigenvalue weighted by Gasteiger charge is -2.32. The van der Waals surface area contributed by atoms with Crippen LogP contribution in [0.2, 0.25) is 5.02 Å². The van der Waals surface area contributed by atoms with Gasteiger partial charge >= 0.3 is 0 Å². The molecule has 0 saturated heterocycles. The van der Waals surface area contributed by atoms with Gasteiger partial charge in [-0.1, -0.05) is 63.5 Å². The molecule has 1 fully saturated rings. The molecular formula is C27H38ClN3O. The zero-order valence-corrected chi connectivity index (χ0v) is 20.5. The van der Waals surface area contributed by atoms with Crippen LogP contribution < -0.4 is 4.90 Å². The number of hydrogen-bond acceptors (Lipinski definition) is 2. The highest BCUT2D eigenvalue weighted by Crippen LogP contribution is 2.37. The molecule has 0 radical (unpaired) electrons. The summed E-state index contributed by atoms with van der Waals surface area (Å²) in [5, 5.41) is 5.17. The summed E-state index contributed by atoms with van der Waals surface area (Å²) in [5.41, 5.74) is 4.45. The van der Waals surface area contributed by atoms with Crippen molar-refractivity contribution < 1.29 is 4.79 Å². The monoisotopic (exact) mass is 455 g/mol. The molecule has 1 aliphatic heterocycles. The van der Waals surface area contributed by atoms with Crippen molar-refractivity contribution >= 4 is 23.2 Å². The molecule has 1 aromatic carbocycles. The Morgan fingerprint density at radius 3 is 2.59 bits per heavy atom. The van der Waals surface area contributed by atoms with Gasteiger partial charge in [-0.15, -0.1) is 0 Å². The van der Waals surface area contributed by atoms with Crippen LogP contribution in [-0.2, 0) is 24.8 Å². The molecule has 0 unspecified atom stereocenters. The number of amides is 1. The zero-order valence-electron chi connectivity index (χ0n) is 19.8. The third-order valence-electron chi connectivity index (χ3n) is 7.59. The van der Waals surface area contributed by atoms with Gasteiger partial charge in [0.1, 0.15) is 0 Å². The van der Waals surface area contributed by atoms with Gasteiger partial charge < -0.3 is 4.90 Å². The lowest BCUT2D eigenvalue weighted by atomic mass is 9.79. The topological polar surface area (TPSA) is 38.1 Å². The fourth-order valence-corrected chi connectivity index (χ4v) is 5.79. The number of carbonyl (C=O) groups excluding carboxylic acids is 1. The first-order chi connectivity index (χ1) is 15.6. The smallest absolute Gasteiger partial charge is 0.230 e. The van der Waals surface area contributed by atoms with E-state index in [0.29, 0.717) is 6.54 Å². The Kier molecular flexibility index (Phi) is 7.93. The van der Waals surface area contributed by atoms with Crippen LogP contribution in [0.5, 0.6) is 0 Å². The van der Waals surface area contributed by atoms with E-state index in [4.69, 9.17) is 11.6 Å². The molecule has 1 aromatic heterocycles. The van der Waals surface area contributed by atoms with Crippen molar-refractivity contribution in [3.05, 3.63) is 46.2 Å². The molecule has 1 saturated carbocycles. The quantitative estimate of drug-likeness (QED) is 0.399. The number of unbranched alkanes of at least 4 members (excludes halogenated alkanes) is 5. The predicted octanol–water partition coefficient (Wildman–Crippen LogP) is 7.07. The van der Waals surface area contributed by atoms with Gasteiger partial charge in [0, 0.05) is 41.4 Å². The van der Waals surface area contributed by atoms with Crippen molar-refractivity contribution in [2.24, 2.45) is 18.9 Å². The highest BCUT2D eigenvalue weighted by molar-refractivity contribution is 6.30. The number of fused-ring (bicyclic) bond motifs is 2. The first kappa shape index (κ1) is 23.4. The van der Waals surface area contributed by atoms with Gasteiger partial charge in [-0.05, 0) is 55.4 Å². The van der Waals surface area contributed by atoms with Gasteiger partial charge in [0.2, 0.25) is 5.91 Å². The van der Waals surface area contributed by atoms with Crippen LogP contribution in [0.3, 0.4) is 0 Å². The standard InChI is InChI=1S/C27H38ClN3O/c1-3-4-5-6-7-8-9-20-10-12-21(13-11-20)27(32)31-19-23-18-29-30(2)26(23)17-22-16-24(28)14-15-25(22)31/h14-16,18,20-21H,3-13,17,19H2,1-2H3. The number of rotatable bonds is 8. The summed E-state index contributed by atoms with van der Waals surface area (Å²) in [6, 6.07) is 5.95. The molecule has 174 valence electrons. The van der Waals surface area contributed by atoms with E-state index in [1.165, 1.54) is 63.5 Å². The Balaban J connectivity index is 1.38. The molecular weight excluding hydrogens is 418 g/mol. The molecule has 0 N–H and O–H groups in total. The summed E-state index contributed by atoms with van der Waals surface area (Å²) in [6.45, 7) is 2.88. The van der Waals surface area contributed by atoms with E-state index in [1.54, 1.807) is 0 Å². The number of nitrogens with zero attached hydrogens (tertiary/aromatic N) is 3. The maximum Gasteiger partial charge on any atom is 0.230 e. The fraction of sp³-hybridized carbons (Fsp3) is 0.630. The highest BCUT2D eigenvalue weighted by atomic mass is 35.5. The third kappa shape index (κ3) is 5.39. The van der Waals surface area contributed by atoms with Gasteiger partial charge in [0.15, 0.2) is 0 Å². The lowest BCUT2D eigenvalue weighted by Crippen LogP contribution is -2.37. The molecule has 2 aromatic rings. The number of anilines is 1. The van der Waals surface area contributed by atoms with Crippen LogP contribution in [-0.4, -0.2) is 15.7 Å². The second-order valence-corrected chi connectivity index (χ2v) is 10.3. The maximum atomic E-state index is 13.7. The number of aromatic nitrogens is 2. The molecule has 2 heterocycles. The van der Waals surface area contributed by atoms with E-state index >= 15 is 0 Å². The first-order valence-corrected chi connectivity index (χ1v) is 13.0. The minimum absolute atomic E-state index is 0.137. The number of aryl methyl sites for hydroxylation is 1. The summed E-state index contributed by atoms with van der Waals surface area (Å²) in [6.07, 6.45) is 16.7. The second-order valence-electron chi connectivity index (χ2n) is 9.89. The molecule has 4 nitrogen and oxygen atoms in total. The lowest BCUT2D eigenvalue weighted by molar-refractivity contribution is -0.123. The van der Waals surface area contributed by atoms with E-state index in [2.05, 4.69) is 12.0 Å². The van der Waals surface area contributed by atoms with Crippen LogP contribution >= 0.6 is 11.6 Å². The molecule has 0 atom stereocenters. The molecule has 0 spiro atoms. The van der Waals surface area contributed by atoms with Crippen LogP contribution in [0.1, 0.15) is 94.4 Å². The number of carbonyl (C=O) groups is 1. The van der Waals surface area contributed by atoms with E-state index < -0.39 is 0 Å². The zero-order chi connectivity index (χ0) is 22.5. The van der Waals surface area contributed by atoms with Gasteiger partial charge in [-0.25, -0.2) is 0 Å². The molecule has 1 aliphatic carbocycles. The Labute approximate surface area is 198 Å². The van der Waals surface area contributed by atoms with E-state index in [1.807, 2.05) is 41.0 Å². The normalized spacial score (nSPS) is 20.5. The minimum Gasteiger partial charge on any atom is -0.307 e. The molecule has 4 rings (SSSR count). The predicted molar refractivity (Wildman–Crippen MR) is 132 cm³/mol. The Bertz CT molecular complexity index is 914. The molecule has 32 heavy (non-hydrogen) atoms. The van der Waals surface area contributed by atoms with Gasteiger partial charge in [-0.3, -0.25) is 9.48 Å². The van der Waals surface area contributed by atoms with Crippen molar-refractivity contribution in [2.75, 3.05) is 4.90 Å². The number of hydrogen-bond donors (Lipinski definition) is 0. The molecule has 0 bridgehead atoms. The van der Waals surface area contributed by atoms with Crippen LogP contribution in [0, 0.1) is 11.8 Å². The molecule has 1 amide bonds. The summed E-state index contributed by atoms with van der Waals surface area (Å²) < 4.78 is 1.93. The van der Waals surface area contributed by atoms with Crippen LogP contribution in [0.25, 0.3) is 0 Å². The Morgan fingerprint density at radius 1 is 1.06 bits per heavy atom. The summed E-state index contributed by atoms with van der Waals surface area (Å²) in [5.74, 6) is 1.23. The van der Waals surface area contributed by atoms with Gasteiger partial charge in [0.25, 0.3) is 0 Å². The maximum absolute atomic E-state index is 13.7. The van der Waals surface area contributed by atoms with E-state index in [9.17, 15) is 4.79 Å². The summed E-state index contributed by atoms with van der Waals surface area (Å²) in [7, 11) is 1.98. The van der Waals surface area contributed by atoms with Crippen molar-refractivity contribution in [3.8, 4) is 0 Å². The SMILES string of the molecule is CCCCCCCCC1CCC(C(=O)N2Cc3cnn(C)c3Cc3cc(Cl)ccc32)CC1. The Hall–Kier alpha value is -1.81. The van der Waals surface area contributed by atoms with Gasteiger partial charge in [0.05, 0.1) is 12.7 Å². The molecule has 5 heteroatoms. The average Bonchev–Trinajstić information content (AvgIpc) is 3.05. The highest BCUT2D eigenvalue weighted by Gasteiger charge is 2.33. The summed E-state index contributed by atoms with van der Waals surface area (Å²) in [4.78, 5) is 15.7. The third-order valence-corrected chi connectivity index (χ3v) is 7.83. The fourth-order valence-electron chi connectivity index (χ4n) is 5.59. The number of halogens is 1.